The molecule has 0 fully saturated rings. The van der Waals surface area contributed by atoms with Gasteiger partial charge in [0.25, 0.3) is 0 Å². The first-order valence-electron chi connectivity index (χ1n) is 16.3. The highest BCUT2D eigenvalue weighted by atomic mass is 31.1. The molecule has 0 saturated heterocycles. The van der Waals surface area contributed by atoms with Gasteiger partial charge in [-0.25, -0.2) is 0 Å². The van der Waals surface area contributed by atoms with Gasteiger partial charge in [0.05, 0.1) is 30.5 Å². The highest BCUT2D eigenvalue weighted by molar-refractivity contribution is 7.54. The average Bonchev–Trinajstić information content (AvgIpc) is 2.94. The maximum absolute atomic E-state index is 7.04. The van der Waals surface area contributed by atoms with Gasteiger partial charge in [-0.2, -0.15) is 0 Å². The third-order valence-electron chi connectivity index (χ3n) is 7.53. The maximum Gasteiger partial charge on any atom is 0.173 e. The monoisotopic (exact) mass is 618 g/mol. The predicted molar refractivity (Wildman–Crippen MR) is 187 cm³/mol. The number of methoxy groups -OCH3 is 2. The Morgan fingerprint density at radius 1 is 0.524 bits per heavy atom. The van der Waals surface area contributed by atoms with Gasteiger partial charge in [-0.15, -0.1) is 0 Å². The lowest BCUT2D eigenvalue weighted by Gasteiger charge is -2.30. The summed E-state index contributed by atoms with van der Waals surface area (Å²) in [4.78, 5) is 0. The van der Waals surface area contributed by atoms with Crippen molar-refractivity contribution < 1.29 is 18.5 Å². The smallest absolute Gasteiger partial charge is 0.173 e. The molecule has 0 radical (unpaired) electrons. The molecule has 42 heavy (non-hydrogen) atoms. The predicted octanol–water partition coefficient (Wildman–Crippen LogP) is 12.0. The van der Waals surface area contributed by atoms with Crippen molar-refractivity contribution in [3.63, 3.8) is 0 Å². The number of hydrogen-bond donors (Lipinski definition) is 0. The van der Waals surface area contributed by atoms with E-state index < -0.39 is 16.3 Å². The molecule has 0 heterocycles. The third kappa shape index (κ3) is 10.3. The van der Waals surface area contributed by atoms with Crippen molar-refractivity contribution in [2.45, 2.75) is 143 Å². The van der Waals surface area contributed by atoms with Crippen LogP contribution in [0.25, 0.3) is 11.1 Å². The topological polar surface area (TPSA) is 36.9 Å². The first-order valence-corrected chi connectivity index (χ1v) is 19.1. The van der Waals surface area contributed by atoms with Crippen LogP contribution in [0.3, 0.4) is 0 Å². The summed E-state index contributed by atoms with van der Waals surface area (Å²) in [5, 5.41) is 0. The van der Waals surface area contributed by atoms with E-state index in [1.807, 2.05) is 0 Å². The van der Waals surface area contributed by atoms with Crippen molar-refractivity contribution in [3.05, 3.63) is 35.4 Å². The van der Waals surface area contributed by atoms with E-state index in [0.29, 0.717) is 22.6 Å². The molecule has 4 nitrogen and oxygen atoms in total. The number of benzene rings is 2. The first kappa shape index (κ1) is 36.7. The van der Waals surface area contributed by atoms with E-state index in [9.17, 15) is 0 Å². The molecule has 0 N–H and O–H groups in total. The lowest BCUT2D eigenvalue weighted by atomic mass is 9.94. The van der Waals surface area contributed by atoms with Gasteiger partial charge in [-0.1, -0.05) is 94.9 Å². The molecule has 0 unspecified atom stereocenters. The minimum atomic E-state index is -0.732. The highest BCUT2D eigenvalue weighted by Gasteiger charge is 2.29. The zero-order valence-corrected chi connectivity index (χ0v) is 30.6. The standard InChI is InChI=1S/C36H60O4P2/c1-13-15-17-19-29-21-31(35(33(23-29)37-11)39-41(25(3)4)26(5)6)32-22-30(20-18-16-14-2)24-34(38-12)36(32)40-42(27(7)8)28(9)10/h21-28H,13-20H2,1-12H3. The summed E-state index contributed by atoms with van der Waals surface area (Å²) in [7, 11) is 2.07. The van der Waals surface area contributed by atoms with Crippen LogP contribution in [0.1, 0.15) is 119 Å². The zero-order valence-electron chi connectivity index (χ0n) is 28.8. The molecule has 0 saturated carbocycles. The van der Waals surface area contributed by atoms with Crippen LogP contribution in [-0.2, 0) is 12.8 Å². The number of ether oxygens (including phenoxy) is 2. The summed E-state index contributed by atoms with van der Waals surface area (Å²) >= 11 is 0. The SMILES string of the molecule is CCCCCc1cc(OC)c(OP(C(C)C)C(C)C)c(-c2cc(CCCCC)cc(OC)c2OP(C(C)C)C(C)C)c1. The third-order valence-corrected chi connectivity index (χ3v) is 12.4. The van der Waals surface area contributed by atoms with E-state index in [2.05, 4.69) is 93.5 Å². The highest BCUT2D eigenvalue weighted by Crippen LogP contribution is 2.57. The Balaban J connectivity index is 2.94. The Bertz CT molecular complexity index is 979. The van der Waals surface area contributed by atoms with Gasteiger partial charge < -0.3 is 18.5 Å². The molecule has 0 spiro atoms. The lowest BCUT2D eigenvalue weighted by Crippen LogP contribution is -2.11. The van der Waals surface area contributed by atoms with E-state index in [4.69, 9.17) is 18.5 Å². The van der Waals surface area contributed by atoms with Crippen molar-refractivity contribution in [2.75, 3.05) is 14.2 Å². The fourth-order valence-corrected chi connectivity index (χ4v) is 9.51. The van der Waals surface area contributed by atoms with Crippen LogP contribution in [0.4, 0.5) is 0 Å². The molecule has 0 amide bonds. The molecule has 0 aromatic heterocycles. The second-order valence-corrected chi connectivity index (χ2v) is 18.5. The quantitative estimate of drug-likeness (QED) is 0.116. The second kappa shape index (κ2) is 18.3. The molecule has 0 aliphatic rings. The van der Waals surface area contributed by atoms with Crippen LogP contribution in [-0.4, -0.2) is 36.9 Å². The van der Waals surface area contributed by atoms with Gasteiger partial charge in [0, 0.05) is 33.8 Å². The number of rotatable bonds is 19. The molecule has 6 heteroatoms. The molecule has 0 atom stereocenters. The summed E-state index contributed by atoms with van der Waals surface area (Å²) < 4.78 is 26.3. The van der Waals surface area contributed by atoms with E-state index in [1.165, 1.54) is 36.8 Å². The zero-order chi connectivity index (χ0) is 31.4. The van der Waals surface area contributed by atoms with Gasteiger partial charge in [0.2, 0.25) is 0 Å². The van der Waals surface area contributed by atoms with Gasteiger partial charge in [-0.05, 0) is 61.1 Å². The van der Waals surface area contributed by atoms with Gasteiger partial charge in [0.15, 0.2) is 23.0 Å². The van der Waals surface area contributed by atoms with Crippen LogP contribution < -0.4 is 18.5 Å². The van der Waals surface area contributed by atoms with Crippen molar-refractivity contribution in [1.29, 1.82) is 0 Å². The van der Waals surface area contributed by atoms with E-state index in [0.717, 1.165) is 59.8 Å². The lowest BCUT2D eigenvalue weighted by molar-refractivity contribution is 0.394. The Morgan fingerprint density at radius 2 is 0.857 bits per heavy atom. The van der Waals surface area contributed by atoms with Crippen molar-refractivity contribution >= 4 is 16.3 Å². The largest absolute Gasteiger partial charge is 0.493 e. The van der Waals surface area contributed by atoms with Crippen molar-refractivity contribution in [1.82, 2.24) is 0 Å². The Kier molecular flexibility index (Phi) is 16.0. The Labute approximate surface area is 261 Å². The van der Waals surface area contributed by atoms with E-state index in [1.54, 1.807) is 14.2 Å². The molecule has 238 valence electrons. The van der Waals surface area contributed by atoms with E-state index >= 15 is 0 Å². The van der Waals surface area contributed by atoms with Gasteiger partial charge >= 0.3 is 0 Å². The van der Waals surface area contributed by atoms with Crippen molar-refractivity contribution in [3.8, 4) is 34.1 Å². The molecule has 2 rings (SSSR count). The summed E-state index contributed by atoms with van der Waals surface area (Å²) in [6.07, 6.45) is 9.14. The molecule has 0 aliphatic carbocycles. The van der Waals surface area contributed by atoms with Crippen LogP contribution >= 0.6 is 16.3 Å². The van der Waals surface area contributed by atoms with Crippen LogP contribution in [0, 0.1) is 0 Å². The van der Waals surface area contributed by atoms with Crippen LogP contribution in [0.15, 0.2) is 24.3 Å². The number of aryl methyl sites for hydroxylation is 2. The maximum atomic E-state index is 7.04. The average molecular weight is 619 g/mol. The van der Waals surface area contributed by atoms with E-state index in [-0.39, 0.29) is 0 Å². The van der Waals surface area contributed by atoms with Gasteiger partial charge in [-0.3, -0.25) is 0 Å². The Morgan fingerprint density at radius 3 is 1.12 bits per heavy atom. The molecular formula is C36H60O4P2. The van der Waals surface area contributed by atoms with Gasteiger partial charge in [0.1, 0.15) is 0 Å². The molecule has 2 aromatic rings. The normalized spacial score (nSPS) is 12.0. The second-order valence-electron chi connectivity index (χ2n) is 12.5. The molecule has 0 aliphatic heterocycles. The number of hydrogen-bond acceptors (Lipinski definition) is 4. The molecule has 2 aromatic carbocycles. The summed E-state index contributed by atoms with van der Waals surface area (Å²) in [6.45, 7) is 22.6. The number of unbranched alkanes of at least 4 members (excludes halogenated alkanes) is 4. The minimum Gasteiger partial charge on any atom is -0.493 e. The molecule has 0 bridgehead atoms. The summed E-state index contributed by atoms with van der Waals surface area (Å²) in [5.74, 6) is 3.29. The Hall–Kier alpha value is -1.50. The summed E-state index contributed by atoms with van der Waals surface area (Å²) in [5.41, 5.74) is 6.34. The fraction of sp³-hybridized carbons (Fsp3) is 0.667. The molecular weight excluding hydrogens is 558 g/mol. The first-order chi connectivity index (χ1) is 20.0. The summed E-state index contributed by atoms with van der Waals surface area (Å²) in [6, 6.07) is 9.07. The van der Waals surface area contributed by atoms with Crippen LogP contribution in [0.2, 0.25) is 0 Å². The van der Waals surface area contributed by atoms with Crippen LogP contribution in [0.5, 0.6) is 23.0 Å². The fourth-order valence-electron chi connectivity index (χ4n) is 5.48. The van der Waals surface area contributed by atoms with Crippen molar-refractivity contribution in [2.24, 2.45) is 0 Å². The minimum absolute atomic E-state index is 0.419.